The molecule has 1 heterocycles. The lowest BCUT2D eigenvalue weighted by molar-refractivity contribution is 0.137. The summed E-state index contributed by atoms with van der Waals surface area (Å²) in [4.78, 5) is 2.27. The third-order valence-corrected chi connectivity index (χ3v) is 2.07. The van der Waals surface area contributed by atoms with Crippen molar-refractivity contribution in [3.63, 3.8) is 0 Å². The van der Waals surface area contributed by atoms with Crippen molar-refractivity contribution in [1.29, 1.82) is 0 Å². The standard InChI is InChI=1S/C7H14NO/c1-7-3-2-4-8(7)5-6-9/h7H,2-6H2,1H3/t7-/m0/s1. The second-order valence-corrected chi connectivity index (χ2v) is 2.73. The van der Waals surface area contributed by atoms with Crippen LogP contribution in [-0.4, -0.2) is 30.6 Å². The van der Waals surface area contributed by atoms with Gasteiger partial charge in [0.15, 0.2) is 0 Å². The Morgan fingerprint density at radius 3 is 2.89 bits per heavy atom. The topological polar surface area (TPSA) is 23.1 Å². The van der Waals surface area contributed by atoms with Gasteiger partial charge in [0.05, 0.1) is 6.61 Å². The van der Waals surface area contributed by atoms with Crippen LogP contribution >= 0.6 is 0 Å². The average Bonchev–Trinajstić information content (AvgIpc) is 2.18. The van der Waals surface area contributed by atoms with Gasteiger partial charge in [-0.2, -0.15) is 0 Å². The monoisotopic (exact) mass is 128 g/mol. The number of rotatable bonds is 2. The van der Waals surface area contributed by atoms with Crippen LogP contribution in [0, 0.1) is 0 Å². The highest BCUT2D eigenvalue weighted by Gasteiger charge is 2.18. The van der Waals surface area contributed by atoms with Crippen molar-refractivity contribution in [2.24, 2.45) is 0 Å². The molecular weight excluding hydrogens is 114 g/mol. The van der Waals surface area contributed by atoms with Gasteiger partial charge in [0, 0.05) is 12.6 Å². The Balaban J connectivity index is 2.22. The molecule has 0 unspecified atom stereocenters. The first kappa shape index (κ1) is 7.03. The smallest absolute Gasteiger partial charge is 0.0949 e. The Kier molecular flexibility index (Phi) is 2.49. The summed E-state index contributed by atoms with van der Waals surface area (Å²) in [5, 5.41) is 10.2. The molecule has 0 spiro atoms. The molecule has 1 fully saturated rings. The van der Waals surface area contributed by atoms with Crippen molar-refractivity contribution < 1.29 is 5.11 Å². The maximum Gasteiger partial charge on any atom is 0.0949 e. The van der Waals surface area contributed by atoms with E-state index in [-0.39, 0.29) is 6.61 Å². The van der Waals surface area contributed by atoms with Crippen LogP contribution in [0.15, 0.2) is 0 Å². The lowest BCUT2D eigenvalue weighted by Crippen LogP contribution is -2.29. The van der Waals surface area contributed by atoms with Gasteiger partial charge in [-0.25, -0.2) is 5.11 Å². The Morgan fingerprint density at radius 2 is 2.44 bits per heavy atom. The SMILES string of the molecule is C[C@H]1CCCN1CC[O]. The van der Waals surface area contributed by atoms with E-state index in [4.69, 9.17) is 0 Å². The van der Waals surface area contributed by atoms with Crippen LogP contribution in [0.4, 0.5) is 0 Å². The Morgan fingerprint density at radius 1 is 1.67 bits per heavy atom. The van der Waals surface area contributed by atoms with Gasteiger partial charge >= 0.3 is 0 Å². The first-order chi connectivity index (χ1) is 4.34. The van der Waals surface area contributed by atoms with Crippen LogP contribution in [0.3, 0.4) is 0 Å². The molecule has 0 N–H and O–H groups in total. The fourth-order valence-electron chi connectivity index (χ4n) is 1.44. The molecule has 0 bridgehead atoms. The van der Waals surface area contributed by atoms with Crippen molar-refractivity contribution in [3.8, 4) is 0 Å². The molecule has 0 aromatic heterocycles. The van der Waals surface area contributed by atoms with E-state index < -0.39 is 0 Å². The van der Waals surface area contributed by atoms with Crippen LogP contribution in [0.2, 0.25) is 0 Å². The van der Waals surface area contributed by atoms with Gasteiger partial charge in [-0.3, -0.25) is 4.90 Å². The van der Waals surface area contributed by atoms with E-state index in [0.717, 1.165) is 13.1 Å². The van der Waals surface area contributed by atoms with Crippen LogP contribution < -0.4 is 0 Å². The highest BCUT2D eigenvalue weighted by Crippen LogP contribution is 2.14. The molecular formula is C7H14NO. The molecule has 1 radical (unpaired) electrons. The predicted octanol–water partition coefficient (Wildman–Crippen LogP) is 0.901. The highest BCUT2D eigenvalue weighted by atomic mass is 16.3. The number of nitrogens with zero attached hydrogens (tertiary/aromatic N) is 1. The summed E-state index contributed by atoms with van der Waals surface area (Å²) in [5.41, 5.74) is 0. The summed E-state index contributed by atoms with van der Waals surface area (Å²) in [6.07, 6.45) is 2.56. The second kappa shape index (κ2) is 3.18. The van der Waals surface area contributed by atoms with Crippen LogP contribution in [0.1, 0.15) is 19.8 Å². The number of hydrogen-bond acceptors (Lipinski definition) is 1. The first-order valence-corrected chi connectivity index (χ1v) is 3.66. The molecule has 1 atom stereocenters. The van der Waals surface area contributed by atoms with E-state index in [1.54, 1.807) is 0 Å². The Hall–Kier alpha value is -0.0800. The molecule has 1 rings (SSSR count). The summed E-state index contributed by atoms with van der Waals surface area (Å²) in [5.74, 6) is 0. The van der Waals surface area contributed by atoms with Crippen molar-refractivity contribution in [2.45, 2.75) is 25.8 Å². The molecule has 53 valence electrons. The van der Waals surface area contributed by atoms with Gasteiger partial charge in [0.1, 0.15) is 0 Å². The van der Waals surface area contributed by atoms with E-state index in [9.17, 15) is 5.11 Å². The van der Waals surface area contributed by atoms with E-state index in [1.165, 1.54) is 12.8 Å². The van der Waals surface area contributed by atoms with Gasteiger partial charge in [0.25, 0.3) is 0 Å². The minimum absolute atomic E-state index is 0.0599. The molecule has 1 saturated heterocycles. The van der Waals surface area contributed by atoms with Crippen LogP contribution in [0.25, 0.3) is 0 Å². The number of hydrogen-bond donors (Lipinski definition) is 0. The zero-order chi connectivity index (χ0) is 6.69. The molecule has 0 aromatic carbocycles. The molecule has 1 aliphatic rings. The van der Waals surface area contributed by atoms with Gasteiger partial charge in [-0.05, 0) is 26.3 Å². The summed E-state index contributed by atoms with van der Waals surface area (Å²) in [6, 6.07) is 0.666. The maximum absolute atomic E-state index is 10.2. The van der Waals surface area contributed by atoms with E-state index in [1.807, 2.05) is 0 Å². The fraction of sp³-hybridized carbons (Fsp3) is 1.00. The van der Waals surface area contributed by atoms with Gasteiger partial charge in [-0.15, -0.1) is 0 Å². The largest absolute Gasteiger partial charge is 0.298 e. The fourth-order valence-corrected chi connectivity index (χ4v) is 1.44. The molecule has 9 heavy (non-hydrogen) atoms. The molecule has 0 aromatic rings. The Bertz CT molecular complexity index is 85.0. The lowest BCUT2D eigenvalue weighted by Gasteiger charge is -2.18. The molecule has 0 saturated carbocycles. The predicted molar refractivity (Wildman–Crippen MR) is 35.8 cm³/mol. The zero-order valence-corrected chi connectivity index (χ0v) is 5.97. The van der Waals surface area contributed by atoms with Crippen molar-refractivity contribution in [1.82, 2.24) is 4.90 Å². The Labute approximate surface area is 56.5 Å². The first-order valence-electron chi connectivity index (χ1n) is 3.66. The van der Waals surface area contributed by atoms with Gasteiger partial charge < -0.3 is 0 Å². The minimum atomic E-state index is 0.0599. The van der Waals surface area contributed by atoms with Crippen molar-refractivity contribution in [3.05, 3.63) is 0 Å². The normalized spacial score (nSPS) is 29.3. The molecule has 2 heteroatoms. The summed E-state index contributed by atoms with van der Waals surface area (Å²) in [6.45, 7) is 4.15. The van der Waals surface area contributed by atoms with Gasteiger partial charge in [-0.1, -0.05) is 0 Å². The summed E-state index contributed by atoms with van der Waals surface area (Å²) < 4.78 is 0. The maximum atomic E-state index is 10.2. The summed E-state index contributed by atoms with van der Waals surface area (Å²) >= 11 is 0. The zero-order valence-electron chi connectivity index (χ0n) is 5.97. The minimum Gasteiger partial charge on any atom is -0.298 e. The second-order valence-electron chi connectivity index (χ2n) is 2.73. The van der Waals surface area contributed by atoms with Crippen LogP contribution in [-0.2, 0) is 5.11 Å². The van der Waals surface area contributed by atoms with Crippen LogP contribution in [0.5, 0.6) is 0 Å². The molecule has 0 amide bonds. The lowest BCUT2D eigenvalue weighted by atomic mass is 10.2. The van der Waals surface area contributed by atoms with Crippen molar-refractivity contribution >= 4 is 0 Å². The average molecular weight is 128 g/mol. The van der Waals surface area contributed by atoms with E-state index in [2.05, 4.69) is 11.8 Å². The third-order valence-electron chi connectivity index (χ3n) is 2.07. The quantitative estimate of drug-likeness (QED) is 0.542. The highest BCUT2D eigenvalue weighted by molar-refractivity contribution is 4.74. The third kappa shape index (κ3) is 1.66. The molecule has 2 nitrogen and oxygen atoms in total. The number of likely N-dealkylation sites (tertiary alicyclic amines) is 1. The van der Waals surface area contributed by atoms with E-state index >= 15 is 0 Å². The molecule has 0 aliphatic carbocycles. The summed E-state index contributed by atoms with van der Waals surface area (Å²) in [7, 11) is 0. The van der Waals surface area contributed by atoms with E-state index in [0.29, 0.717) is 6.04 Å². The van der Waals surface area contributed by atoms with Gasteiger partial charge in [0.2, 0.25) is 0 Å². The van der Waals surface area contributed by atoms with Crippen molar-refractivity contribution in [2.75, 3.05) is 19.7 Å². The molecule has 1 aliphatic heterocycles.